The zero-order valence-electron chi connectivity index (χ0n) is 21.6. The summed E-state index contributed by atoms with van der Waals surface area (Å²) in [6, 6.07) is 3.07. The maximum atomic E-state index is 13.0. The Morgan fingerprint density at radius 1 is 1.23 bits per heavy atom. The molecule has 1 fully saturated rings. The van der Waals surface area contributed by atoms with Gasteiger partial charge >= 0.3 is 6.09 Å². The average Bonchev–Trinajstić information content (AvgIpc) is 3.50. The van der Waals surface area contributed by atoms with Gasteiger partial charge in [-0.2, -0.15) is 0 Å². The molecule has 0 radical (unpaired) electrons. The molecule has 1 saturated heterocycles. The van der Waals surface area contributed by atoms with Gasteiger partial charge in [0.25, 0.3) is 0 Å². The molecule has 0 bridgehead atoms. The fraction of sp³-hybridized carbons (Fsp3) is 0.480. The van der Waals surface area contributed by atoms with Crippen LogP contribution in [0.4, 0.5) is 10.6 Å². The molecule has 1 atom stereocenters. The summed E-state index contributed by atoms with van der Waals surface area (Å²) >= 11 is 5.11. The van der Waals surface area contributed by atoms with E-state index in [0.29, 0.717) is 54.0 Å². The zero-order valence-corrected chi connectivity index (χ0v) is 24.0. The van der Waals surface area contributed by atoms with Crippen LogP contribution >= 0.6 is 27.7 Å². The van der Waals surface area contributed by atoms with Gasteiger partial charge in [-0.25, -0.2) is 19.7 Å². The number of carbonyl (C=O) groups excluding carboxylic acids is 1. The van der Waals surface area contributed by atoms with E-state index in [-0.39, 0.29) is 18.6 Å². The summed E-state index contributed by atoms with van der Waals surface area (Å²) in [6.07, 6.45) is 2.80. The second-order valence-electron chi connectivity index (χ2n) is 9.94. The Hall–Kier alpha value is -3.26. The Balaban J connectivity index is 1.29. The number of halogens is 1. The first-order valence-electron chi connectivity index (χ1n) is 12.7. The Bertz CT molecular complexity index is 1390. The fourth-order valence-electron chi connectivity index (χ4n) is 4.89. The van der Waals surface area contributed by atoms with E-state index >= 15 is 0 Å². The number of nitrogens with two attached hydrogens (primary N) is 1. The third-order valence-electron chi connectivity index (χ3n) is 7.05. The highest BCUT2D eigenvalue weighted by Gasteiger charge is 2.31. The number of amides is 2. The first-order valence-corrected chi connectivity index (χ1v) is 14.3. The molecule has 208 valence electrons. The molecule has 2 aliphatic rings. The molecular formula is C25H30BrN7O5S. The Morgan fingerprint density at radius 2 is 1.95 bits per heavy atom. The number of nitrogens with zero attached hydrogens (tertiary/aromatic N) is 5. The average molecular weight is 621 g/mol. The van der Waals surface area contributed by atoms with Gasteiger partial charge in [0.1, 0.15) is 12.4 Å². The van der Waals surface area contributed by atoms with Gasteiger partial charge in [0, 0.05) is 29.0 Å². The molecule has 0 spiro atoms. The highest BCUT2D eigenvalue weighted by atomic mass is 79.9. The maximum absolute atomic E-state index is 13.0. The summed E-state index contributed by atoms with van der Waals surface area (Å²) in [6.45, 7) is 5.74. The third kappa shape index (κ3) is 5.86. The van der Waals surface area contributed by atoms with Crippen LogP contribution in [-0.2, 0) is 11.3 Å². The van der Waals surface area contributed by atoms with Crippen LogP contribution in [0.25, 0.3) is 11.2 Å². The van der Waals surface area contributed by atoms with E-state index in [9.17, 15) is 9.59 Å². The molecule has 2 aromatic heterocycles. The summed E-state index contributed by atoms with van der Waals surface area (Å²) in [4.78, 5) is 40.2. The van der Waals surface area contributed by atoms with E-state index in [1.165, 1.54) is 18.1 Å². The number of carbonyl (C=O) groups is 2. The Kier molecular flexibility index (Phi) is 8.03. The molecule has 39 heavy (non-hydrogen) atoms. The molecule has 0 aliphatic carbocycles. The van der Waals surface area contributed by atoms with Gasteiger partial charge < -0.3 is 35.1 Å². The molecule has 12 nitrogen and oxygen atoms in total. The van der Waals surface area contributed by atoms with E-state index in [1.54, 1.807) is 4.90 Å². The second-order valence-corrected chi connectivity index (χ2v) is 11.8. The van der Waals surface area contributed by atoms with Crippen LogP contribution in [0.1, 0.15) is 33.1 Å². The van der Waals surface area contributed by atoms with Crippen molar-refractivity contribution in [3.63, 3.8) is 0 Å². The van der Waals surface area contributed by atoms with Crippen molar-refractivity contribution in [1.29, 1.82) is 0 Å². The smallest absolute Gasteiger partial charge is 0.405 e. The number of imidazole rings is 1. The number of nitrogens with one attached hydrogen (secondary N) is 1. The second kappa shape index (κ2) is 11.5. The van der Waals surface area contributed by atoms with E-state index in [4.69, 9.17) is 25.3 Å². The number of likely N-dealkylation sites (tertiary alicyclic amines) is 1. The lowest BCUT2D eigenvalue weighted by molar-refractivity contribution is -0.135. The number of nitrogen functional groups attached to an aromatic ring is 1. The van der Waals surface area contributed by atoms with Gasteiger partial charge in [-0.15, -0.1) is 0 Å². The number of ether oxygens (including phenoxy) is 2. The van der Waals surface area contributed by atoms with Crippen LogP contribution in [0.5, 0.6) is 11.5 Å². The number of hydrogen-bond acceptors (Lipinski definition) is 9. The van der Waals surface area contributed by atoms with Crippen molar-refractivity contribution in [3.8, 4) is 11.5 Å². The van der Waals surface area contributed by atoms with Crippen LogP contribution in [0, 0.1) is 11.8 Å². The SMILES string of the molecule is CC(C)[C@H](NC(=O)O)C(=O)N1CCC(CCn2c(Sc3cc4c(cc3Br)OCO4)nc3c(N)ncnc32)CC1. The summed E-state index contributed by atoms with van der Waals surface area (Å²) < 4.78 is 14.0. The molecule has 2 amide bonds. The van der Waals surface area contributed by atoms with Crippen molar-refractivity contribution >= 4 is 56.7 Å². The van der Waals surface area contributed by atoms with Gasteiger partial charge in [-0.05, 0) is 59.2 Å². The minimum absolute atomic E-state index is 0.129. The van der Waals surface area contributed by atoms with Gasteiger partial charge in [0.15, 0.2) is 33.6 Å². The largest absolute Gasteiger partial charge is 0.465 e. The minimum Gasteiger partial charge on any atom is -0.465 e. The standard InChI is InChI=1S/C25H30BrN7O5S/c1-13(2)19(31-25(35)36)23(34)32-6-3-14(4-7-32)5-8-33-22-20(21(27)28-11-29-22)30-24(33)39-18-10-17-16(9-15(18)26)37-12-38-17/h9-11,13-14,19,31H,3-8,12H2,1-2H3,(H,35,36)(H2,27,28,29)/t19-/m0/s1. The molecule has 0 unspecified atom stereocenters. The number of benzene rings is 1. The van der Waals surface area contributed by atoms with E-state index in [0.717, 1.165) is 33.8 Å². The molecule has 3 aromatic rings. The number of rotatable bonds is 8. The van der Waals surface area contributed by atoms with E-state index in [2.05, 4.69) is 35.8 Å². The number of aromatic nitrogens is 4. The molecule has 1 aromatic carbocycles. The molecular weight excluding hydrogens is 590 g/mol. The lowest BCUT2D eigenvalue weighted by atomic mass is 9.92. The number of piperidine rings is 1. The predicted molar refractivity (Wildman–Crippen MR) is 148 cm³/mol. The first kappa shape index (κ1) is 27.3. The van der Waals surface area contributed by atoms with E-state index < -0.39 is 12.1 Å². The van der Waals surface area contributed by atoms with Crippen LogP contribution in [-0.4, -0.2) is 67.5 Å². The molecule has 4 N–H and O–H groups in total. The Labute approximate surface area is 237 Å². The quantitative estimate of drug-likeness (QED) is 0.337. The lowest BCUT2D eigenvalue weighted by Gasteiger charge is -2.35. The van der Waals surface area contributed by atoms with Gasteiger partial charge in [-0.1, -0.05) is 25.6 Å². The van der Waals surface area contributed by atoms with Crippen molar-refractivity contribution in [3.05, 3.63) is 22.9 Å². The molecule has 0 saturated carbocycles. The number of fused-ring (bicyclic) bond motifs is 2. The van der Waals surface area contributed by atoms with Gasteiger partial charge in [0.2, 0.25) is 12.7 Å². The summed E-state index contributed by atoms with van der Waals surface area (Å²) in [5, 5.41) is 12.2. The zero-order chi connectivity index (χ0) is 27.7. The van der Waals surface area contributed by atoms with Crippen molar-refractivity contribution < 1.29 is 24.2 Å². The van der Waals surface area contributed by atoms with Crippen LogP contribution in [0.15, 0.2) is 33.0 Å². The first-order chi connectivity index (χ1) is 18.7. The summed E-state index contributed by atoms with van der Waals surface area (Å²) in [5.74, 6) is 1.81. The lowest BCUT2D eigenvalue weighted by Crippen LogP contribution is -2.52. The minimum atomic E-state index is -1.18. The predicted octanol–water partition coefficient (Wildman–Crippen LogP) is 3.97. The number of aryl methyl sites for hydroxylation is 1. The molecule has 2 aliphatic heterocycles. The maximum Gasteiger partial charge on any atom is 0.405 e. The van der Waals surface area contributed by atoms with Crippen molar-refractivity contribution in [2.24, 2.45) is 11.8 Å². The van der Waals surface area contributed by atoms with Gasteiger partial charge in [0.05, 0.1) is 0 Å². The van der Waals surface area contributed by atoms with E-state index in [1.807, 2.05) is 26.0 Å². The van der Waals surface area contributed by atoms with Crippen LogP contribution in [0.2, 0.25) is 0 Å². The van der Waals surface area contributed by atoms with Crippen molar-refractivity contribution in [2.45, 2.75) is 55.7 Å². The highest BCUT2D eigenvalue weighted by Crippen LogP contribution is 2.43. The van der Waals surface area contributed by atoms with Gasteiger partial charge in [-0.3, -0.25) is 4.79 Å². The third-order valence-corrected chi connectivity index (χ3v) is 9.02. The number of carboxylic acid groups (broad SMARTS) is 1. The normalized spacial score (nSPS) is 16.2. The van der Waals surface area contributed by atoms with Crippen LogP contribution in [0.3, 0.4) is 0 Å². The fourth-order valence-corrected chi connectivity index (χ4v) is 6.39. The number of hydrogen-bond donors (Lipinski definition) is 3. The molecule has 5 rings (SSSR count). The highest BCUT2D eigenvalue weighted by molar-refractivity contribution is 9.10. The number of anilines is 1. The topological polar surface area (TPSA) is 158 Å². The Morgan fingerprint density at radius 3 is 2.64 bits per heavy atom. The van der Waals surface area contributed by atoms with Crippen LogP contribution < -0.4 is 20.5 Å². The molecule has 14 heteroatoms. The summed E-state index contributed by atoms with van der Waals surface area (Å²) in [5.41, 5.74) is 7.37. The summed E-state index contributed by atoms with van der Waals surface area (Å²) in [7, 11) is 0. The monoisotopic (exact) mass is 619 g/mol. The molecule has 4 heterocycles. The van der Waals surface area contributed by atoms with Crippen molar-refractivity contribution in [2.75, 3.05) is 25.6 Å². The van der Waals surface area contributed by atoms with Crippen molar-refractivity contribution in [1.82, 2.24) is 29.7 Å².